The molecule has 0 bridgehead atoms. The quantitative estimate of drug-likeness (QED) is 0.808. The third kappa shape index (κ3) is 5.82. The normalized spacial score (nSPS) is 14.7. The maximum absolute atomic E-state index is 12.4. The molecule has 1 amide bonds. The third-order valence-electron chi connectivity index (χ3n) is 4.04. The third-order valence-corrected chi connectivity index (χ3v) is 4.29. The summed E-state index contributed by atoms with van der Waals surface area (Å²) < 4.78 is 0. The molecule has 1 fully saturated rings. The summed E-state index contributed by atoms with van der Waals surface area (Å²) in [7, 11) is 0. The molecule has 2 N–H and O–H groups in total. The summed E-state index contributed by atoms with van der Waals surface area (Å²) in [5.74, 6) is 0.791. The van der Waals surface area contributed by atoms with Gasteiger partial charge < -0.3 is 15.5 Å². The highest BCUT2D eigenvalue weighted by molar-refractivity contribution is 7.80. The number of carbonyl (C=O) groups excluding carboxylic acids is 1. The predicted molar refractivity (Wildman–Crippen MR) is 99.9 cm³/mol. The van der Waals surface area contributed by atoms with Crippen LogP contribution >= 0.6 is 12.2 Å². The lowest BCUT2D eigenvalue weighted by molar-refractivity contribution is 0.0724. The van der Waals surface area contributed by atoms with Gasteiger partial charge in [0.1, 0.15) is 0 Å². The first-order valence-electron chi connectivity index (χ1n) is 8.50. The SMILES string of the molecule is CC(C)CCNC(=S)Nc1ccc(C(=O)N2CCCCC2)cc1. The Morgan fingerprint density at radius 1 is 1.17 bits per heavy atom. The molecule has 4 nitrogen and oxygen atoms in total. The fourth-order valence-electron chi connectivity index (χ4n) is 2.63. The van der Waals surface area contributed by atoms with Crippen LogP contribution in [0.1, 0.15) is 49.9 Å². The zero-order chi connectivity index (χ0) is 16.7. The molecule has 1 aromatic carbocycles. The van der Waals surface area contributed by atoms with Gasteiger partial charge in [0.15, 0.2) is 5.11 Å². The number of thiocarbonyl (C=S) groups is 1. The maximum Gasteiger partial charge on any atom is 0.253 e. The van der Waals surface area contributed by atoms with E-state index in [1.54, 1.807) is 0 Å². The van der Waals surface area contributed by atoms with Gasteiger partial charge in [-0.25, -0.2) is 0 Å². The number of amides is 1. The van der Waals surface area contributed by atoms with Crippen LogP contribution in [0.4, 0.5) is 5.69 Å². The molecule has 0 radical (unpaired) electrons. The smallest absolute Gasteiger partial charge is 0.253 e. The summed E-state index contributed by atoms with van der Waals surface area (Å²) in [5, 5.41) is 6.98. The lowest BCUT2D eigenvalue weighted by Crippen LogP contribution is -2.35. The van der Waals surface area contributed by atoms with Gasteiger partial charge in [-0.3, -0.25) is 4.79 Å². The number of anilines is 1. The highest BCUT2D eigenvalue weighted by Crippen LogP contribution is 2.15. The van der Waals surface area contributed by atoms with Gasteiger partial charge in [-0.05, 0) is 68.1 Å². The minimum absolute atomic E-state index is 0.133. The van der Waals surface area contributed by atoms with E-state index in [0.29, 0.717) is 11.0 Å². The van der Waals surface area contributed by atoms with Crippen LogP contribution in [0.3, 0.4) is 0 Å². The first kappa shape index (κ1) is 17.7. The minimum Gasteiger partial charge on any atom is -0.362 e. The second-order valence-electron chi connectivity index (χ2n) is 6.49. The average Bonchev–Trinajstić information content (AvgIpc) is 2.55. The van der Waals surface area contributed by atoms with Crippen LogP contribution in [0.15, 0.2) is 24.3 Å². The Bertz CT molecular complexity index is 522. The largest absolute Gasteiger partial charge is 0.362 e. The number of nitrogens with zero attached hydrogens (tertiary/aromatic N) is 1. The Balaban J connectivity index is 1.84. The number of hydrogen-bond donors (Lipinski definition) is 2. The highest BCUT2D eigenvalue weighted by atomic mass is 32.1. The van der Waals surface area contributed by atoms with Gasteiger partial charge in [0.25, 0.3) is 5.91 Å². The Hall–Kier alpha value is -1.62. The van der Waals surface area contributed by atoms with E-state index in [2.05, 4.69) is 24.5 Å². The molecule has 0 saturated carbocycles. The van der Waals surface area contributed by atoms with Crippen LogP contribution in [0.5, 0.6) is 0 Å². The summed E-state index contributed by atoms with van der Waals surface area (Å²) in [6.07, 6.45) is 4.54. The van der Waals surface area contributed by atoms with Crippen molar-refractivity contribution in [3.8, 4) is 0 Å². The lowest BCUT2D eigenvalue weighted by atomic mass is 10.1. The van der Waals surface area contributed by atoms with E-state index in [1.807, 2.05) is 29.2 Å². The van der Waals surface area contributed by atoms with Gasteiger partial charge in [-0.2, -0.15) is 0 Å². The molecule has 1 heterocycles. The van der Waals surface area contributed by atoms with Crippen molar-refractivity contribution in [2.45, 2.75) is 39.5 Å². The number of piperidine rings is 1. The van der Waals surface area contributed by atoms with Crippen molar-refractivity contribution >= 4 is 28.9 Å². The van der Waals surface area contributed by atoms with Crippen molar-refractivity contribution in [3.05, 3.63) is 29.8 Å². The van der Waals surface area contributed by atoms with Crippen LogP contribution < -0.4 is 10.6 Å². The zero-order valence-electron chi connectivity index (χ0n) is 14.1. The molecular formula is C18H27N3OS. The van der Waals surface area contributed by atoms with Gasteiger partial charge in [-0.15, -0.1) is 0 Å². The molecule has 0 aromatic heterocycles. The minimum atomic E-state index is 0.133. The molecule has 0 aliphatic carbocycles. The van der Waals surface area contributed by atoms with Gasteiger partial charge in [0, 0.05) is 30.9 Å². The van der Waals surface area contributed by atoms with Crippen molar-refractivity contribution in [1.82, 2.24) is 10.2 Å². The van der Waals surface area contributed by atoms with Crippen LogP contribution in [-0.2, 0) is 0 Å². The Kier molecular flexibility index (Phi) is 6.84. The monoisotopic (exact) mass is 333 g/mol. The van der Waals surface area contributed by atoms with E-state index in [4.69, 9.17) is 12.2 Å². The van der Waals surface area contributed by atoms with E-state index in [0.717, 1.165) is 50.1 Å². The van der Waals surface area contributed by atoms with E-state index in [1.165, 1.54) is 6.42 Å². The van der Waals surface area contributed by atoms with E-state index in [-0.39, 0.29) is 5.91 Å². The summed E-state index contributed by atoms with van der Waals surface area (Å²) in [4.78, 5) is 14.4. The van der Waals surface area contributed by atoms with Crippen LogP contribution in [-0.4, -0.2) is 35.6 Å². The molecule has 2 rings (SSSR count). The van der Waals surface area contributed by atoms with Crippen LogP contribution in [0.25, 0.3) is 0 Å². The molecule has 0 atom stereocenters. The number of hydrogen-bond acceptors (Lipinski definition) is 2. The molecule has 0 unspecified atom stereocenters. The standard InChI is InChI=1S/C18H27N3OS/c1-14(2)10-11-19-18(23)20-16-8-6-15(7-9-16)17(22)21-12-4-3-5-13-21/h6-9,14H,3-5,10-13H2,1-2H3,(H2,19,20,23). The fourth-order valence-corrected chi connectivity index (χ4v) is 2.85. The van der Waals surface area contributed by atoms with E-state index in [9.17, 15) is 4.79 Å². The average molecular weight is 334 g/mol. The van der Waals surface area contributed by atoms with Gasteiger partial charge >= 0.3 is 0 Å². The topological polar surface area (TPSA) is 44.4 Å². The zero-order valence-corrected chi connectivity index (χ0v) is 14.9. The van der Waals surface area contributed by atoms with Crippen molar-refractivity contribution in [3.63, 3.8) is 0 Å². The molecule has 126 valence electrons. The van der Waals surface area contributed by atoms with Gasteiger partial charge in [0.05, 0.1) is 0 Å². The molecule has 1 aliphatic rings. The molecule has 5 heteroatoms. The first-order valence-corrected chi connectivity index (χ1v) is 8.91. The Labute approximate surface area is 144 Å². The second-order valence-corrected chi connectivity index (χ2v) is 6.90. The van der Waals surface area contributed by atoms with E-state index < -0.39 is 0 Å². The van der Waals surface area contributed by atoms with Crippen molar-refractivity contribution in [1.29, 1.82) is 0 Å². The van der Waals surface area contributed by atoms with Crippen molar-refractivity contribution in [2.24, 2.45) is 5.92 Å². The Morgan fingerprint density at radius 3 is 2.43 bits per heavy atom. The van der Waals surface area contributed by atoms with Gasteiger partial charge in [-0.1, -0.05) is 13.8 Å². The molecule has 0 spiro atoms. The first-order chi connectivity index (χ1) is 11.1. The number of nitrogens with one attached hydrogen (secondary N) is 2. The maximum atomic E-state index is 12.4. The molecule has 1 aliphatic heterocycles. The summed E-state index contributed by atoms with van der Waals surface area (Å²) in [5.41, 5.74) is 1.65. The lowest BCUT2D eigenvalue weighted by Gasteiger charge is -2.26. The van der Waals surface area contributed by atoms with Crippen LogP contribution in [0, 0.1) is 5.92 Å². The fraction of sp³-hybridized carbons (Fsp3) is 0.556. The number of rotatable bonds is 5. The predicted octanol–water partition coefficient (Wildman–Crippen LogP) is 3.65. The van der Waals surface area contributed by atoms with Crippen molar-refractivity contribution in [2.75, 3.05) is 25.0 Å². The molecule has 1 saturated heterocycles. The summed E-state index contributed by atoms with van der Waals surface area (Å²) >= 11 is 5.28. The van der Waals surface area contributed by atoms with Crippen LogP contribution in [0.2, 0.25) is 0 Å². The number of carbonyl (C=O) groups is 1. The highest BCUT2D eigenvalue weighted by Gasteiger charge is 2.17. The number of benzene rings is 1. The second kappa shape index (κ2) is 8.87. The summed E-state index contributed by atoms with van der Waals surface area (Å²) in [6, 6.07) is 7.56. The van der Waals surface area contributed by atoms with Crippen molar-refractivity contribution < 1.29 is 4.79 Å². The van der Waals surface area contributed by atoms with Gasteiger partial charge in [0.2, 0.25) is 0 Å². The molecular weight excluding hydrogens is 306 g/mol. The molecule has 1 aromatic rings. The van der Waals surface area contributed by atoms with E-state index >= 15 is 0 Å². The molecule has 23 heavy (non-hydrogen) atoms. The summed E-state index contributed by atoms with van der Waals surface area (Å²) in [6.45, 7) is 7.01. The number of likely N-dealkylation sites (tertiary alicyclic amines) is 1. The Morgan fingerprint density at radius 2 is 1.83 bits per heavy atom.